The van der Waals surface area contributed by atoms with Crippen molar-refractivity contribution in [2.75, 3.05) is 6.61 Å². The van der Waals surface area contributed by atoms with Crippen molar-refractivity contribution in [1.29, 1.82) is 0 Å². The topological polar surface area (TPSA) is 9.23 Å². The van der Waals surface area contributed by atoms with Crippen molar-refractivity contribution in [1.82, 2.24) is 0 Å². The van der Waals surface area contributed by atoms with E-state index in [4.69, 9.17) is 4.43 Å². The van der Waals surface area contributed by atoms with Crippen molar-refractivity contribution >= 4 is 8.32 Å². The Labute approximate surface area is 78.6 Å². The molecular formula is C10H24OSi. The van der Waals surface area contributed by atoms with Gasteiger partial charge in [-0.1, -0.05) is 34.1 Å². The molecule has 0 aromatic heterocycles. The molecule has 0 spiro atoms. The van der Waals surface area contributed by atoms with E-state index in [0.29, 0.717) is 0 Å². The van der Waals surface area contributed by atoms with Gasteiger partial charge < -0.3 is 4.43 Å². The second kappa shape index (κ2) is 5.76. The molecular weight excluding hydrogens is 164 g/mol. The van der Waals surface area contributed by atoms with Crippen LogP contribution in [0.15, 0.2) is 0 Å². The van der Waals surface area contributed by atoms with E-state index in [2.05, 4.69) is 34.6 Å². The average Bonchev–Trinajstić information content (AvgIpc) is 2.13. The van der Waals surface area contributed by atoms with Crippen LogP contribution in [-0.4, -0.2) is 14.9 Å². The van der Waals surface area contributed by atoms with Crippen molar-refractivity contribution in [2.24, 2.45) is 0 Å². The van der Waals surface area contributed by atoms with Crippen LogP contribution in [0.5, 0.6) is 0 Å². The van der Waals surface area contributed by atoms with Crippen molar-refractivity contribution in [3.8, 4) is 0 Å². The molecule has 74 valence electrons. The van der Waals surface area contributed by atoms with Crippen molar-refractivity contribution in [3.63, 3.8) is 0 Å². The van der Waals surface area contributed by atoms with Gasteiger partial charge in [-0.3, -0.25) is 0 Å². The summed E-state index contributed by atoms with van der Waals surface area (Å²) in [6.07, 6.45) is 1.27. The Balaban J connectivity index is 4.33. The molecule has 1 nitrogen and oxygen atoms in total. The minimum atomic E-state index is -1.35. The lowest BCUT2D eigenvalue weighted by Crippen LogP contribution is -2.40. The second-order valence-electron chi connectivity index (χ2n) is 3.51. The second-order valence-corrected chi connectivity index (χ2v) is 8.33. The molecule has 0 aromatic rings. The first kappa shape index (κ1) is 12.2. The first-order valence-electron chi connectivity index (χ1n) is 5.30. The molecule has 0 aliphatic rings. The summed E-state index contributed by atoms with van der Waals surface area (Å²) in [5.74, 6) is 0. The molecule has 12 heavy (non-hydrogen) atoms. The minimum Gasteiger partial charge on any atom is -0.417 e. The van der Waals surface area contributed by atoms with Gasteiger partial charge in [0.1, 0.15) is 0 Å². The van der Waals surface area contributed by atoms with E-state index in [1.165, 1.54) is 18.5 Å². The van der Waals surface area contributed by atoms with E-state index < -0.39 is 8.32 Å². The van der Waals surface area contributed by atoms with Gasteiger partial charge in [0.25, 0.3) is 0 Å². The molecule has 2 heteroatoms. The van der Waals surface area contributed by atoms with Crippen LogP contribution in [0.3, 0.4) is 0 Å². The monoisotopic (exact) mass is 188 g/mol. The summed E-state index contributed by atoms with van der Waals surface area (Å²) in [6.45, 7) is 12.2. The highest BCUT2D eigenvalue weighted by Crippen LogP contribution is 2.32. The first-order valence-corrected chi connectivity index (χ1v) is 7.70. The molecule has 0 radical (unpaired) electrons. The standard InChI is InChI=1S/C10H24OSi/c1-6-10(5)12(8-3,9-4)11-7-2/h10H,6-9H2,1-5H3. The molecule has 0 rings (SSSR count). The van der Waals surface area contributed by atoms with Crippen molar-refractivity contribution in [3.05, 3.63) is 0 Å². The normalized spacial score (nSPS) is 14.8. The van der Waals surface area contributed by atoms with Gasteiger partial charge in [0.15, 0.2) is 8.32 Å². The molecule has 0 heterocycles. The zero-order valence-electron chi connectivity index (χ0n) is 9.31. The lowest BCUT2D eigenvalue weighted by molar-refractivity contribution is 0.310. The quantitative estimate of drug-likeness (QED) is 0.576. The number of hydrogen-bond donors (Lipinski definition) is 0. The van der Waals surface area contributed by atoms with Gasteiger partial charge in [-0.15, -0.1) is 0 Å². The van der Waals surface area contributed by atoms with Crippen LogP contribution in [0.2, 0.25) is 17.6 Å². The molecule has 0 aliphatic heterocycles. The Morgan fingerprint density at radius 3 is 1.83 bits per heavy atom. The van der Waals surface area contributed by atoms with Crippen LogP contribution in [0.1, 0.15) is 41.0 Å². The highest BCUT2D eigenvalue weighted by molar-refractivity contribution is 6.75. The Kier molecular flexibility index (Phi) is 5.84. The SMILES string of the molecule is CCO[Si](CC)(CC)C(C)CC. The van der Waals surface area contributed by atoms with Crippen LogP contribution >= 0.6 is 0 Å². The Hall–Kier alpha value is 0.177. The summed E-state index contributed by atoms with van der Waals surface area (Å²) >= 11 is 0. The van der Waals surface area contributed by atoms with E-state index in [9.17, 15) is 0 Å². The number of hydrogen-bond acceptors (Lipinski definition) is 1. The van der Waals surface area contributed by atoms with Crippen LogP contribution in [0, 0.1) is 0 Å². The zero-order chi connectivity index (χ0) is 9.61. The summed E-state index contributed by atoms with van der Waals surface area (Å²) in [5, 5.41) is 0. The summed E-state index contributed by atoms with van der Waals surface area (Å²) in [6, 6.07) is 2.54. The third kappa shape index (κ3) is 2.59. The minimum absolute atomic E-state index is 0.812. The zero-order valence-corrected chi connectivity index (χ0v) is 10.3. The molecule has 0 aliphatic carbocycles. The van der Waals surface area contributed by atoms with Gasteiger partial charge in [0, 0.05) is 6.61 Å². The van der Waals surface area contributed by atoms with E-state index >= 15 is 0 Å². The van der Waals surface area contributed by atoms with Crippen molar-refractivity contribution < 1.29 is 4.43 Å². The Morgan fingerprint density at radius 1 is 1.08 bits per heavy atom. The maximum Gasteiger partial charge on any atom is 0.194 e. The highest BCUT2D eigenvalue weighted by atomic mass is 28.4. The van der Waals surface area contributed by atoms with Gasteiger partial charge in [-0.05, 0) is 24.6 Å². The fraction of sp³-hybridized carbons (Fsp3) is 1.00. The molecule has 0 saturated carbocycles. The van der Waals surface area contributed by atoms with Crippen LogP contribution in [0.25, 0.3) is 0 Å². The van der Waals surface area contributed by atoms with E-state index in [1.807, 2.05) is 0 Å². The summed E-state index contributed by atoms with van der Waals surface area (Å²) < 4.78 is 6.02. The van der Waals surface area contributed by atoms with Crippen molar-refractivity contribution in [2.45, 2.75) is 58.7 Å². The lowest BCUT2D eigenvalue weighted by Gasteiger charge is -2.34. The predicted molar refractivity (Wildman–Crippen MR) is 58.1 cm³/mol. The van der Waals surface area contributed by atoms with E-state index in [-0.39, 0.29) is 0 Å². The smallest absolute Gasteiger partial charge is 0.194 e. The lowest BCUT2D eigenvalue weighted by atomic mass is 10.4. The Morgan fingerprint density at radius 2 is 1.58 bits per heavy atom. The van der Waals surface area contributed by atoms with Gasteiger partial charge in [-0.25, -0.2) is 0 Å². The fourth-order valence-electron chi connectivity index (χ4n) is 1.95. The molecule has 1 atom stereocenters. The first-order chi connectivity index (χ1) is 5.66. The summed E-state index contributed by atoms with van der Waals surface area (Å²) in [7, 11) is -1.35. The molecule has 0 N–H and O–H groups in total. The molecule has 0 aromatic carbocycles. The maximum absolute atomic E-state index is 6.02. The van der Waals surface area contributed by atoms with Crippen LogP contribution in [0.4, 0.5) is 0 Å². The largest absolute Gasteiger partial charge is 0.417 e. The van der Waals surface area contributed by atoms with Crippen LogP contribution < -0.4 is 0 Å². The molecule has 0 saturated heterocycles. The fourth-order valence-corrected chi connectivity index (χ4v) is 5.86. The predicted octanol–water partition coefficient (Wildman–Crippen LogP) is 3.81. The van der Waals surface area contributed by atoms with Gasteiger partial charge in [0.2, 0.25) is 0 Å². The van der Waals surface area contributed by atoms with E-state index in [0.717, 1.165) is 12.1 Å². The van der Waals surface area contributed by atoms with E-state index in [1.54, 1.807) is 0 Å². The molecule has 0 bridgehead atoms. The van der Waals surface area contributed by atoms with Gasteiger partial charge >= 0.3 is 0 Å². The summed E-state index contributed by atoms with van der Waals surface area (Å²) in [5.41, 5.74) is 0.812. The maximum atomic E-state index is 6.02. The molecule has 0 amide bonds. The van der Waals surface area contributed by atoms with Gasteiger partial charge in [0.05, 0.1) is 0 Å². The third-order valence-corrected chi connectivity index (χ3v) is 8.60. The van der Waals surface area contributed by atoms with Crippen LogP contribution in [-0.2, 0) is 4.43 Å². The summed E-state index contributed by atoms with van der Waals surface area (Å²) in [4.78, 5) is 0. The Bertz CT molecular complexity index is 110. The third-order valence-electron chi connectivity index (χ3n) is 3.14. The number of rotatable bonds is 6. The molecule has 1 unspecified atom stereocenters. The van der Waals surface area contributed by atoms with Gasteiger partial charge in [-0.2, -0.15) is 0 Å². The highest BCUT2D eigenvalue weighted by Gasteiger charge is 2.35. The average molecular weight is 188 g/mol. The molecule has 0 fully saturated rings.